The van der Waals surface area contributed by atoms with E-state index in [-0.39, 0.29) is 0 Å². The number of hydrogen-bond donors (Lipinski definition) is 0. The molecule has 0 aromatic heterocycles. The third kappa shape index (κ3) is 3.64. The first-order valence-electron chi connectivity index (χ1n) is 4.85. The van der Waals surface area contributed by atoms with Crippen molar-refractivity contribution in [1.82, 2.24) is 0 Å². The van der Waals surface area contributed by atoms with E-state index in [2.05, 4.69) is 39.0 Å². The molecule has 0 bridgehead atoms. The van der Waals surface area contributed by atoms with Gasteiger partial charge in [0.2, 0.25) is 7.42 Å². The van der Waals surface area contributed by atoms with E-state index in [4.69, 9.17) is 22.2 Å². The lowest BCUT2D eigenvalue weighted by atomic mass is 9.99. The Morgan fingerprint density at radius 2 is 1.64 bits per heavy atom. The van der Waals surface area contributed by atoms with Crippen LogP contribution >= 0.6 is 22.2 Å². The Kier molecular flexibility index (Phi) is 4.49. The van der Waals surface area contributed by atoms with E-state index in [1.54, 1.807) is 0 Å². The summed E-state index contributed by atoms with van der Waals surface area (Å²) in [4.78, 5) is 0. The van der Waals surface area contributed by atoms with Crippen LogP contribution in [0.15, 0.2) is 18.2 Å². The van der Waals surface area contributed by atoms with Gasteiger partial charge < -0.3 is 0 Å². The van der Waals surface area contributed by atoms with Gasteiger partial charge in [-0.15, -0.1) is 0 Å². The van der Waals surface area contributed by atoms with Crippen LogP contribution in [-0.4, -0.2) is 7.42 Å². The van der Waals surface area contributed by atoms with Gasteiger partial charge in [0, 0.05) is 0 Å². The standard InChI is InChI=1S/C11H16Cl2Si/c1-8-4-9(2)6-11(5-8)10(3)7-14(12)13/h4-6,10,14H,7H2,1-3H3. The molecule has 0 radical (unpaired) electrons. The molecule has 0 heterocycles. The molecule has 78 valence electrons. The summed E-state index contributed by atoms with van der Waals surface area (Å²) in [5, 5.41) is 0. The minimum atomic E-state index is -1.49. The first-order chi connectivity index (χ1) is 6.49. The molecular formula is C11H16Cl2Si. The zero-order valence-electron chi connectivity index (χ0n) is 8.85. The molecule has 0 aliphatic rings. The molecule has 14 heavy (non-hydrogen) atoms. The van der Waals surface area contributed by atoms with Crippen molar-refractivity contribution in [2.24, 2.45) is 0 Å². The molecule has 1 atom stereocenters. The first-order valence-corrected chi connectivity index (χ1v) is 9.16. The molecule has 0 amide bonds. The molecular weight excluding hydrogens is 231 g/mol. The Bertz CT molecular complexity index is 290. The molecule has 1 rings (SSSR count). The summed E-state index contributed by atoms with van der Waals surface area (Å²) in [7, 11) is -1.49. The molecule has 0 N–H and O–H groups in total. The van der Waals surface area contributed by atoms with E-state index in [0.29, 0.717) is 5.92 Å². The first kappa shape index (κ1) is 12.1. The highest BCUT2D eigenvalue weighted by molar-refractivity contribution is 7.33. The second-order valence-corrected chi connectivity index (χ2v) is 9.03. The van der Waals surface area contributed by atoms with Crippen molar-refractivity contribution >= 4 is 29.6 Å². The average molecular weight is 247 g/mol. The van der Waals surface area contributed by atoms with Crippen molar-refractivity contribution in [2.75, 3.05) is 0 Å². The van der Waals surface area contributed by atoms with Gasteiger partial charge in [-0.05, 0) is 31.4 Å². The van der Waals surface area contributed by atoms with Gasteiger partial charge >= 0.3 is 0 Å². The third-order valence-electron chi connectivity index (χ3n) is 2.34. The van der Waals surface area contributed by atoms with Gasteiger partial charge in [-0.25, -0.2) is 0 Å². The number of aryl methyl sites for hydroxylation is 2. The Balaban J connectivity index is 2.84. The summed E-state index contributed by atoms with van der Waals surface area (Å²) in [6.07, 6.45) is 0. The van der Waals surface area contributed by atoms with Crippen LogP contribution in [0.4, 0.5) is 0 Å². The van der Waals surface area contributed by atoms with Gasteiger partial charge in [0.05, 0.1) is 0 Å². The van der Waals surface area contributed by atoms with Gasteiger partial charge in [-0.2, -0.15) is 22.2 Å². The van der Waals surface area contributed by atoms with Gasteiger partial charge in [-0.3, -0.25) is 0 Å². The highest BCUT2D eigenvalue weighted by Crippen LogP contribution is 2.25. The van der Waals surface area contributed by atoms with E-state index in [9.17, 15) is 0 Å². The maximum atomic E-state index is 5.91. The molecule has 0 aliphatic carbocycles. The third-order valence-corrected chi connectivity index (χ3v) is 4.48. The molecule has 0 nitrogen and oxygen atoms in total. The fourth-order valence-electron chi connectivity index (χ4n) is 1.70. The number of halogens is 2. The molecule has 0 spiro atoms. The quantitative estimate of drug-likeness (QED) is 0.557. The summed E-state index contributed by atoms with van der Waals surface area (Å²) >= 11 is 11.8. The predicted octanol–water partition coefficient (Wildman–Crippen LogP) is 4.11. The van der Waals surface area contributed by atoms with E-state index in [1.165, 1.54) is 16.7 Å². The molecule has 0 saturated heterocycles. The highest BCUT2D eigenvalue weighted by atomic mass is 35.7. The van der Waals surface area contributed by atoms with E-state index in [1.807, 2.05) is 0 Å². The van der Waals surface area contributed by atoms with Crippen LogP contribution < -0.4 is 0 Å². The maximum absolute atomic E-state index is 5.91. The van der Waals surface area contributed by atoms with E-state index in [0.717, 1.165) is 6.04 Å². The van der Waals surface area contributed by atoms with E-state index < -0.39 is 7.42 Å². The Morgan fingerprint density at radius 1 is 1.14 bits per heavy atom. The summed E-state index contributed by atoms with van der Waals surface area (Å²) in [6, 6.07) is 7.59. The molecule has 1 aromatic carbocycles. The second kappa shape index (κ2) is 5.20. The normalized spacial score (nSPS) is 13.3. The van der Waals surface area contributed by atoms with Crippen LogP contribution in [0.5, 0.6) is 0 Å². The smallest absolute Gasteiger partial charge is 0.150 e. The van der Waals surface area contributed by atoms with Crippen LogP contribution in [0, 0.1) is 13.8 Å². The van der Waals surface area contributed by atoms with Crippen LogP contribution in [0.25, 0.3) is 0 Å². The van der Waals surface area contributed by atoms with Crippen molar-refractivity contribution in [3.63, 3.8) is 0 Å². The van der Waals surface area contributed by atoms with Crippen LogP contribution in [0.2, 0.25) is 6.04 Å². The van der Waals surface area contributed by atoms with Crippen molar-refractivity contribution in [1.29, 1.82) is 0 Å². The Labute approximate surface area is 97.3 Å². The summed E-state index contributed by atoms with van der Waals surface area (Å²) in [5.41, 5.74) is 3.99. The largest absolute Gasteiger partial charge is 0.237 e. The lowest BCUT2D eigenvalue weighted by molar-refractivity contribution is 0.857. The topological polar surface area (TPSA) is 0 Å². The zero-order chi connectivity index (χ0) is 10.7. The second-order valence-electron chi connectivity index (χ2n) is 3.95. The highest BCUT2D eigenvalue weighted by Gasteiger charge is 2.12. The molecule has 0 fully saturated rings. The van der Waals surface area contributed by atoms with Gasteiger partial charge in [0.1, 0.15) is 0 Å². The fourth-order valence-corrected chi connectivity index (χ4v) is 4.11. The molecule has 3 heteroatoms. The van der Waals surface area contributed by atoms with Crippen LogP contribution in [0.3, 0.4) is 0 Å². The number of rotatable bonds is 3. The summed E-state index contributed by atoms with van der Waals surface area (Å²) < 4.78 is 0. The maximum Gasteiger partial charge on any atom is 0.237 e. The van der Waals surface area contributed by atoms with Gasteiger partial charge in [-0.1, -0.05) is 36.2 Å². The van der Waals surface area contributed by atoms with Crippen LogP contribution in [-0.2, 0) is 0 Å². The van der Waals surface area contributed by atoms with Crippen molar-refractivity contribution in [3.8, 4) is 0 Å². The zero-order valence-corrected chi connectivity index (χ0v) is 11.5. The summed E-state index contributed by atoms with van der Waals surface area (Å²) in [5.74, 6) is 0.486. The molecule has 1 aromatic rings. The Morgan fingerprint density at radius 3 is 2.07 bits per heavy atom. The number of hydrogen-bond acceptors (Lipinski definition) is 0. The Hall–Kier alpha value is 0.0169. The van der Waals surface area contributed by atoms with Crippen LogP contribution in [0.1, 0.15) is 29.5 Å². The number of benzene rings is 1. The molecule has 1 unspecified atom stereocenters. The molecule has 0 aliphatic heterocycles. The lowest BCUT2D eigenvalue weighted by Gasteiger charge is -2.13. The van der Waals surface area contributed by atoms with Crippen molar-refractivity contribution in [3.05, 3.63) is 34.9 Å². The summed E-state index contributed by atoms with van der Waals surface area (Å²) in [6.45, 7) is 6.44. The minimum absolute atomic E-state index is 0.486. The average Bonchev–Trinajstić information content (AvgIpc) is 2.00. The fraction of sp³-hybridized carbons (Fsp3) is 0.455. The minimum Gasteiger partial charge on any atom is -0.150 e. The van der Waals surface area contributed by atoms with Crippen molar-refractivity contribution < 1.29 is 0 Å². The SMILES string of the molecule is Cc1cc(C)cc(C(C)C[SiH](Cl)Cl)c1. The van der Waals surface area contributed by atoms with Gasteiger partial charge in [0.25, 0.3) is 0 Å². The predicted molar refractivity (Wildman–Crippen MR) is 68.0 cm³/mol. The molecule has 0 saturated carbocycles. The van der Waals surface area contributed by atoms with Crippen molar-refractivity contribution in [2.45, 2.75) is 32.7 Å². The van der Waals surface area contributed by atoms with E-state index >= 15 is 0 Å². The lowest BCUT2D eigenvalue weighted by Crippen LogP contribution is -2.01. The van der Waals surface area contributed by atoms with Gasteiger partial charge in [0.15, 0.2) is 0 Å². The monoisotopic (exact) mass is 246 g/mol.